The van der Waals surface area contributed by atoms with E-state index in [4.69, 9.17) is 9.47 Å². The quantitative estimate of drug-likeness (QED) is 0.618. The van der Waals surface area contributed by atoms with Crippen molar-refractivity contribution in [2.24, 2.45) is 0 Å². The summed E-state index contributed by atoms with van der Waals surface area (Å²) in [5.41, 5.74) is 1.22. The maximum Gasteiger partial charge on any atom is 0.332 e. The molecule has 1 heterocycles. The number of aryl methyl sites for hydroxylation is 1. The molecule has 0 spiro atoms. The second-order valence-electron chi connectivity index (χ2n) is 8.47. The Labute approximate surface area is 191 Å². The van der Waals surface area contributed by atoms with Gasteiger partial charge in [-0.05, 0) is 38.0 Å². The number of nitrogens with one attached hydrogen (secondary N) is 1. The number of benzene rings is 2. The van der Waals surface area contributed by atoms with E-state index in [2.05, 4.69) is 5.32 Å². The molecular formula is C25H29N3O5. The monoisotopic (exact) mass is 451 g/mol. The van der Waals surface area contributed by atoms with Crippen LogP contribution in [0.3, 0.4) is 0 Å². The highest BCUT2D eigenvalue weighted by Gasteiger charge is 2.24. The lowest BCUT2D eigenvalue weighted by molar-refractivity contribution is -0.116. The Bertz CT molecular complexity index is 1280. The Hall–Kier alpha value is -3.55. The summed E-state index contributed by atoms with van der Waals surface area (Å²) in [6.45, 7) is 1.74. The van der Waals surface area contributed by atoms with Crippen molar-refractivity contribution >= 4 is 22.5 Å². The Balaban J connectivity index is 1.84. The van der Waals surface area contributed by atoms with E-state index >= 15 is 0 Å². The van der Waals surface area contributed by atoms with E-state index in [1.807, 2.05) is 31.2 Å². The Morgan fingerprint density at radius 3 is 2.27 bits per heavy atom. The number of fused-ring (bicyclic) bond motifs is 1. The third-order valence-corrected chi connectivity index (χ3v) is 6.26. The van der Waals surface area contributed by atoms with Crippen LogP contribution in [-0.2, 0) is 11.3 Å². The third-order valence-electron chi connectivity index (χ3n) is 6.26. The Morgan fingerprint density at radius 2 is 1.64 bits per heavy atom. The number of anilines is 1. The number of methoxy groups -OCH3 is 2. The number of carbonyl (C=O) groups excluding carboxylic acids is 1. The van der Waals surface area contributed by atoms with E-state index < -0.39 is 5.69 Å². The van der Waals surface area contributed by atoms with Crippen LogP contribution in [0, 0.1) is 6.92 Å². The first-order valence-corrected chi connectivity index (χ1v) is 11.2. The molecule has 8 heteroatoms. The molecule has 0 unspecified atom stereocenters. The number of hydrogen-bond acceptors (Lipinski definition) is 5. The number of aromatic nitrogens is 2. The maximum absolute atomic E-state index is 13.6. The SMILES string of the molecule is COc1cc2c(=O)n(C3CCCCC3)c(=O)n(CC(=O)Nc3ccc(C)cc3)c2cc1OC. The van der Waals surface area contributed by atoms with Crippen molar-refractivity contribution in [1.82, 2.24) is 9.13 Å². The van der Waals surface area contributed by atoms with Gasteiger partial charge in [-0.25, -0.2) is 4.79 Å². The average Bonchev–Trinajstić information content (AvgIpc) is 2.83. The molecule has 1 N–H and O–H groups in total. The lowest BCUT2D eigenvalue weighted by Crippen LogP contribution is -2.44. The van der Waals surface area contributed by atoms with Gasteiger partial charge in [0.15, 0.2) is 11.5 Å². The summed E-state index contributed by atoms with van der Waals surface area (Å²) >= 11 is 0. The van der Waals surface area contributed by atoms with Gasteiger partial charge in [0.1, 0.15) is 6.54 Å². The highest BCUT2D eigenvalue weighted by Crippen LogP contribution is 2.31. The molecule has 1 aliphatic rings. The molecule has 4 rings (SSSR count). The Kier molecular flexibility index (Phi) is 6.53. The molecule has 0 atom stereocenters. The van der Waals surface area contributed by atoms with Crippen molar-refractivity contribution in [2.75, 3.05) is 19.5 Å². The highest BCUT2D eigenvalue weighted by atomic mass is 16.5. The van der Waals surface area contributed by atoms with Crippen molar-refractivity contribution in [3.05, 3.63) is 62.8 Å². The van der Waals surface area contributed by atoms with Crippen LogP contribution in [0.1, 0.15) is 43.7 Å². The molecule has 0 bridgehead atoms. The summed E-state index contributed by atoms with van der Waals surface area (Å²) in [6, 6.07) is 10.4. The zero-order valence-corrected chi connectivity index (χ0v) is 19.2. The van der Waals surface area contributed by atoms with Gasteiger partial charge in [-0.3, -0.25) is 18.7 Å². The highest BCUT2D eigenvalue weighted by molar-refractivity contribution is 5.92. The summed E-state index contributed by atoms with van der Waals surface area (Å²) in [5, 5.41) is 3.15. The van der Waals surface area contributed by atoms with E-state index in [-0.39, 0.29) is 24.1 Å². The zero-order valence-electron chi connectivity index (χ0n) is 19.2. The minimum atomic E-state index is -0.481. The van der Waals surface area contributed by atoms with Crippen LogP contribution in [-0.4, -0.2) is 29.3 Å². The number of nitrogens with zero attached hydrogens (tertiary/aromatic N) is 2. The van der Waals surface area contributed by atoms with Gasteiger partial charge < -0.3 is 14.8 Å². The van der Waals surface area contributed by atoms with Gasteiger partial charge in [0.25, 0.3) is 5.56 Å². The van der Waals surface area contributed by atoms with Crippen LogP contribution >= 0.6 is 0 Å². The van der Waals surface area contributed by atoms with Crippen molar-refractivity contribution < 1.29 is 14.3 Å². The van der Waals surface area contributed by atoms with Gasteiger partial charge in [-0.15, -0.1) is 0 Å². The van der Waals surface area contributed by atoms with Gasteiger partial charge in [0.2, 0.25) is 5.91 Å². The minimum Gasteiger partial charge on any atom is -0.493 e. The normalized spacial score (nSPS) is 14.3. The molecule has 1 aromatic heterocycles. The van der Waals surface area contributed by atoms with E-state index in [9.17, 15) is 14.4 Å². The first-order chi connectivity index (χ1) is 15.9. The number of carbonyl (C=O) groups is 1. The smallest absolute Gasteiger partial charge is 0.332 e. The molecule has 0 saturated heterocycles. The van der Waals surface area contributed by atoms with Crippen molar-refractivity contribution in [3.63, 3.8) is 0 Å². The van der Waals surface area contributed by atoms with Crippen molar-refractivity contribution in [1.29, 1.82) is 0 Å². The average molecular weight is 452 g/mol. The van der Waals surface area contributed by atoms with Gasteiger partial charge >= 0.3 is 5.69 Å². The predicted octanol–water partition coefficient (Wildman–Crippen LogP) is 3.63. The second kappa shape index (κ2) is 9.52. The fourth-order valence-electron chi connectivity index (χ4n) is 4.51. The minimum absolute atomic E-state index is 0.178. The molecule has 1 saturated carbocycles. The molecule has 174 valence electrons. The van der Waals surface area contributed by atoms with Gasteiger partial charge in [-0.2, -0.15) is 0 Å². The van der Waals surface area contributed by atoms with Crippen LogP contribution in [0.2, 0.25) is 0 Å². The standard InChI is InChI=1S/C25H29N3O5/c1-16-9-11-17(12-10-16)26-23(29)15-27-20-14-22(33-3)21(32-2)13-19(20)24(30)28(25(27)31)18-7-5-4-6-8-18/h9-14,18H,4-8,15H2,1-3H3,(H,26,29). The van der Waals surface area contributed by atoms with Gasteiger partial charge in [-0.1, -0.05) is 37.0 Å². The summed E-state index contributed by atoms with van der Waals surface area (Å²) in [6.07, 6.45) is 4.56. The topological polar surface area (TPSA) is 91.6 Å². The summed E-state index contributed by atoms with van der Waals surface area (Å²) in [7, 11) is 2.98. The lowest BCUT2D eigenvalue weighted by atomic mass is 9.95. The largest absolute Gasteiger partial charge is 0.493 e. The first-order valence-electron chi connectivity index (χ1n) is 11.2. The molecule has 0 aliphatic heterocycles. The molecule has 1 aliphatic carbocycles. The molecule has 1 amide bonds. The van der Waals surface area contributed by atoms with Gasteiger partial charge in [0.05, 0.1) is 25.1 Å². The van der Waals surface area contributed by atoms with Crippen molar-refractivity contribution in [2.45, 2.75) is 51.6 Å². The van der Waals surface area contributed by atoms with E-state index in [1.165, 1.54) is 23.4 Å². The van der Waals surface area contributed by atoms with Crippen molar-refractivity contribution in [3.8, 4) is 11.5 Å². The molecule has 2 aromatic carbocycles. The number of amides is 1. The summed E-state index contributed by atoms with van der Waals surface area (Å²) in [5.74, 6) is 0.421. The van der Waals surface area contributed by atoms with Crippen LogP contribution in [0.25, 0.3) is 10.9 Å². The summed E-state index contributed by atoms with van der Waals surface area (Å²) in [4.78, 5) is 39.9. The molecule has 8 nitrogen and oxygen atoms in total. The first kappa shape index (κ1) is 22.6. The van der Waals surface area contributed by atoms with E-state index in [0.717, 1.165) is 37.7 Å². The number of hydrogen-bond donors (Lipinski definition) is 1. The van der Waals surface area contributed by atoms with Crippen LogP contribution < -0.4 is 26.0 Å². The fraction of sp³-hybridized carbons (Fsp3) is 0.400. The van der Waals surface area contributed by atoms with Gasteiger partial charge in [0, 0.05) is 17.8 Å². The predicted molar refractivity (Wildman–Crippen MR) is 128 cm³/mol. The van der Waals surface area contributed by atoms with Crippen LogP contribution in [0.15, 0.2) is 46.0 Å². The lowest BCUT2D eigenvalue weighted by Gasteiger charge is -2.25. The molecule has 33 heavy (non-hydrogen) atoms. The zero-order chi connectivity index (χ0) is 23.5. The molecule has 3 aromatic rings. The van der Waals surface area contributed by atoms with Crippen LogP contribution in [0.5, 0.6) is 11.5 Å². The third kappa shape index (κ3) is 4.51. The Morgan fingerprint density at radius 1 is 1.00 bits per heavy atom. The number of rotatable bonds is 6. The second-order valence-corrected chi connectivity index (χ2v) is 8.47. The van der Waals surface area contributed by atoms with Crippen LogP contribution in [0.4, 0.5) is 5.69 Å². The molecule has 1 fully saturated rings. The van der Waals surface area contributed by atoms with E-state index in [1.54, 1.807) is 12.1 Å². The summed E-state index contributed by atoms with van der Waals surface area (Å²) < 4.78 is 13.5. The van der Waals surface area contributed by atoms with E-state index in [0.29, 0.717) is 28.1 Å². The maximum atomic E-state index is 13.6. The number of ether oxygens (including phenoxy) is 2. The molecule has 0 radical (unpaired) electrons. The fourth-order valence-corrected chi connectivity index (χ4v) is 4.51. The molecular weight excluding hydrogens is 422 g/mol.